The lowest BCUT2D eigenvalue weighted by Gasteiger charge is -2.29. The van der Waals surface area contributed by atoms with E-state index in [0.29, 0.717) is 19.7 Å². The SMILES string of the molecule is C[C@H]1OCCN[C@@H]1C(=O)NCc1cccc(NC(=O)C2CCCC2)c1. The molecule has 2 amide bonds. The maximum absolute atomic E-state index is 12.3. The van der Waals surface area contributed by atoms with E-state index in [1.165, 1.54) is 0 Å². The minimum absolute atomic E-state index is 0.0624. The first-order valence-corrected chi connectivity index (χ1v) is 9.16. The summed E-state index contributed by atoms with van der Waals surface area (Å²) in [7, 11) is 0. The molecule has 6 heteroatoms. The van der Waals surface area contributed by atoms with Crippen LogP contribution in [-0.2, 0) is 20.9 Å². The smallest absolute Gasteiger partial charge is 0.240 e. The highest BCUT2D eigenvalue weighted by Gasteiger charge is 2.28. The Hall–Kier alpha value is -1.92. The Morgan fingerprint density at radius 2 is 2.04 bits per heavy atom. The monoisotopic (exact) mass is 345 g/mol. The number of hydrogen-bond acceptors (Lipinski definition) is 4. The van der Waals surface area contributed by atoms with E-state index in [2.05, 4.69) is 16.0 Å². The third-order valence-corrected chi connectivity index (χ3v) is 4.99. The molecule has 3 rings (SSSR count). The van der Waals surface area contributed by atoms with Crippen molar-refractivity contribution in [1.29, 1.82) is 0 Å². The lowest BCUT2D eigenvalue weighted by molar-refractivity contribution is -0.129. The summed E-state index contributed by atoms with van der Waals surface area (Å²) in [4.78, 5) is 24.5. The van der Waals surface area contributed by atoms with E-state index in [1.54, 1.807) is 0 Å². The molecule has 2 aliphatic rings. The highest BCUT2D eigenvalue weighted by molar-refractivity contribution is 5.92. The topological polar surface area (TPSA) is 79.5 Å². The van der Waals surface area contributed by atoms with Crippen LogP contribution in [0.2, 0.25) is 0 Å². The van der Waals surface area contributed by atoms with Gasteiger partial charge < -0.3 is 20.7 Å². The molecule has 1 saturated carbocycles. The molecular weight excluding hydrogens is 318 g/mol. The number of ether oxygens (including phenoxy) is 1. The van der Waals surface area contributed by atoms with Crippen molar-refractivity contribution in [1.82, 2.24) is 10.6 Å². The molecule has 3 N–H and O–H groups in total. The van der Waals surface area contributed by atoms with Gasteiger partial charge in [0, 0.05) is 24.7 Å². The summed E-state index contributed by atoms with van der Waals surface area (Å²) in [5.74, 6) is 0.186. The first-order chi connectivity index (χ1) is 12.1. The van der Waals surface area contributed by atoms with Crippen LogP contribution >= 0.6 is 0 Å². The number of amides is 2. The number of anilines is 1. The van der Waals surface area contributed by atoms with Crippen molar-refractivity contribution >= 4 is 17.5 Å². The fourth-order valence-corrected chi connectivity index (χ4v) is 3.52. The molecule has 0 unspecified atom stereocenters. The normalized spacial score (nSPS) is 24.0. The minimum Gasteiger partial charge on any atom is -0.375 e. The number of hydrogen-bond donors (Lipinski definition) is 3. The van der Waals surface area contributed by atoms with Crippen molar-refractivity contribution in [3.8, 4) is 0 Å². The first kappa shape index (κ1) is 17.9. The molecule has 136 valence electrons. The third kappa shape index (κ3) is 4.80. The maximum atomic E-state index is 12.3. The lowest BCUT2D eigenvalue weighted by atomic mass is 10.1. The number of morpholine rings is 1. The highest BCUT2D eigenvalue weighted by Crippen LogP contribution is 2.26. The quantitative estimate of drug-likeness (QED) is 0.760. The number of carbonyl (C=O) groups excluding carboxylic acids is 2. The summed E-state index contributed by atoms with van der Waals surface area (Å²) in [6.07, 6.45) is 4.11. The second-order valence-corrected chi connectivity index (χ2v) is 6.90. The molecule has 1 aliphatic carbocycles. The number of rotatable bonds is 5. The van der Waals surface area contributed by atoms with Gasteiger partial charge in [-0.2, -0.15) is 0 Å². The second kappa shape index (κ2) is 8.45. The zero-order valence-electron chi connectivity index (χ0n) is 14.7. The number of nitrogens with one attached hydrogen (secondary N) is 3. The Morgan fingerprint density at radius 3 is 2.80 bits per heavy atom. The molecule has 1 aliphatic heterocycles. The number of benzene rings is 1. The van der Waals surface area contributed by atoms with Gasteiger partial charge in [0.05, 0.1) is 12.7 Å². The molecule has 0 bridgehead atoms. The number of carbonyl (C=O) groups is 2. The highest BCUT2D eigenvalue weighted by atomic mass is 16.5. The van der Waals surface area contributed by atoms with Gasteiger partial charge >= 0.3 is 0 Å². The van der Waals surface area contributed by atoms with E-state index in [0.717, 1.165) is 36.9 Å². The van der Waals surface area contributed by atoms with Gasteiger partial charge in [-0.15, -0.1) is 0 Å². The lowest BCUT2D eigenvalue weighted by Crippen LogP contribution is -2.55. The molecule has 1 heterocycles. The Kier molecular flexibility index (Phi) is 6.04. The molecule has 2 fully saturated rings. The van der Waals surface area contributed by atoms with Crippen LogP contribution in [0.15, 0.2) is 24.3 Å². The Labute approximate surface area is 148 Å². The average molecular weight is 345 g/mol. The Balaban J connectivity index is 1.52. The molecule has 25 heavy (non-hydrogen) atoms. The van der Waals surface area contributed by atoms with Gasteiger partial charge in [0.1, 0.15) is 6.04 Å². The van der Waals surface area contributed by atoms with Crippen molar-refractivity contribution in [3.05, 3.63) is 29.8 Å². The molecular formula is C19H27N3O3. The Morgan fingerprint density at radius 1 is 1.24 bits per heavy atom. The van der Waals surface area contributed by atoms with E-state index >= 15 is 0 Å². The minimum atomic E-state index is -0.320. The van der Waals surface area contributed by atoms with Gasteiger partial charge in [0.15, 0.2) is 0 Å². The van der Waals surface area contributed by atoms with Gasteiger partial charge in [0.25, 0.3) is 0 Å². The standard InChI is InChI=1S/C19H27N3O3/c1-13-17(20-9-10-25-13)19(24)21-12-14-5-4-8-16(11-14)22-18(23)15-6-2-3-7-15/h4-5,8,11,13,15,17,20H,2-3,6-7,9-10,12H2,1H3,(H,21,24)(H,22,23)/t13-,17+/m1/s1. The second-order valence-electron chi connectivity index (χ2n) is 6.90. The van der Waals surface area contributed by atoms with Crippen molar-refractivity contribution in [2.75, 3.05) is 18.5 Å². The largest absolute Gasteiger partial charge is 0.375 e. The van der Waals surface area contributed by atoms with Crippen molar-refractivity contribution in [2.24, 2.45) is 5.92 Å². The van der Waals surface area contributed by atoms with Crippen molar-refractivity contribution in [2.45, 2.75) is 51.3 Å². The third-order valence-electron chi connectivity index (χ3n) is 4.99. The van der Waals surface area contributed by atoms with Crippen LogP contribution in [0.25, 0.3) is 0 Å². The molecule has 1 saturated heterocycles. The van der Waals surface area contributed by atoms with Gasteiger partial charge in [0.2, 0.25) is 11.8 Å². The van der Waals surface area contributed by atoms with E-state index in [9.17, 15) is 9.59 Å². The average Bonchev–Trinajstić information content (AvgIpc) is 3.15. The van der Waals surface area contributed by atoms with Crippen LogP contribution in [0.1, 0.15) is 38.2 Å². The molecule has 0 spiro atoms. The molecule has 1 aromatic carbocycles. The van der Waals surface area contributed by atoms with E-state index in [1.807, 2.05) is 31.2 Å². The fourth-order valence-electron chi connectivity index (χ4n) is 3.52. The fraction of sp³-hybridized carbons (Fsp3) is 0.579. The predicted molar refractivity (Wildman–Crippen MR) is 96.1 cm³/mol. The molecule has 0 radical (unpaired) electrons. The van der Waals surface area contributed by atoms with E-state index in [-0.39, 0.29) is 29.9 Å². The van der Waals surface area contributed by atoms with Crippen LogP contribution in [0.4, 0.5) is 5.69 Å². The molecule has 0 aromatic heterocycles. The van der Waals surface area contributed by atoms with Gasteiger partial charge in [-0.3, -0.25) is 9.59 Å². The summed E-state index contributed by atoms with van der Waals surface area (Å²) in [5, 5.41) is 9.12. The maximum Gasteiger partial charge on any atom is 0.240 e. The molecule has 1 aromatic rings. The van der Waals surface area contributed by atoms with Gasteiger partial charge in [-0.25, -0.2) is 0 Å². The zero-order chi connectivity index (χ0) is 17.6. The summed E-state index contributed by atoms with van der Waals surface area (Å²) in [6.45, 7) is 3.64. The summed E-state index contributed by atoms with van der Waals surface area (Å²) in [6, 6.07) is 7.33. The van der Waals surface area contributed by atoms with Crippen LogP contribution in [0.3, 0.4) is 0 Å². The van der Waals surface area contributed by atoms with Crippen LogP contribution in [0, 0.1) is 5.92 Å². The molecule has 6 nitrogen and oxygen atoms in total. The van der Waals surface area contributed by atoms with Crippen molar-refractivity contribution in [3.63, 3.8) is 0 Å². The van der Waals surface area contributed by atoms with E-state index in [4.69, 9.17) is 4.74 Å². The first-order valence-electron chi connectivity index (χ1n) is 9.16. The molecule has 2 atom stereocenters. The van der Waals surface area contributed by atoms with Crippen molar-refractivity contribution < 1.29 is 14.3 Å². The van der Waals surface area contributed by atoms with Crippen LogP contribution in [-0.4, -0.2) is 37.1 Å². The summed E-state index contributed by atoms with van der Waals surface area (Å²) < 4.78 is 5.50. The van der Waals surface area contributed by atoms with E-state index < -0.39 is 0 Å². The van der Waals surface area contributed by atoms with Gasteiger partial charge in [-0.05, 0) is 37.5 Å². The van der Waals surface area contributed by atoms with Gasteiger partial charge in [-0.1, -0.05) is 25.0 Å². The summed E-state index contributed by atoms with van der Waals surface area (Å²) in [5.41, 5.74) is 1.75. The zero-order valence-corrected chi connectivity index (χ0v) is 14.7. The Bertz CT molecular complexity index is 614. The summed E-state index contributed by atoms with van der Waals surface area (Å²) >= 11 is 0. The van der Waals surface area contributed by atoms with Crippen LogP contribution in [0.5, 0.6) is 0 Å². The van der Waals surface area contributed by atoms with Crippen LogP contribution < -0.4 is 16.0 Å². The predicted octanol–water partition coefficient (Wildman–Crippen LogP) is 1.81.